The fraction of sp³-hybridized carbons (Fsp3) is 0.562. The van der Waals surface area contributed by atoms with Gasteiger partial charge in [0.05, 0.1) is 28.4 Å². The van der Waals surface area contributed by atoms with Gasteiger partial charge in [-0.1, -0.05) is 25.4 Å². The number of rotatable bonds is 5. The molecule has 0 heterocycles. The molecule has 1 aromatic carbocycles. The number of halogens is 1. The van der Waals surface area contributed by atoms with Gasteiger partial charge in [-0.3, -0.25) is 0 Å². The zero-order valence-electron chi connectivity index (χ0n) is 12.2. The van der Waals surface area contributed by atoms with Crippen LogP contribution >= 0.6 is 11.6 Å². The summed E-state index contributed by atoms with van der Waals surface area (Å²) in [5.41, 5.74) is 1.61. The number of anilines is 1. The maximum atomic E-state index is 8.86. The lowest BCUT2D eigenvalue weighted by Gasteiger charge is -2.54. The molecule has 3 unspecified atom stereocenters. The third-order valence-electron chi connectivity index (χ3n) is 4.54. The van der Waals surface area contributed by atoms with Gasteiger partial charge in [-0.15, -0.1) is 0 Å². The number of benzene rings is 1. The van der Waals surface area contributed by atoms with Crippen LogP contribution < -0.4 is 5.32 Å². The monoisotopic (exact) mass is 292 g/mol. The minimum absolute atomic E-state index is 0.132. The Balaban J connectivity index is 2.10. The Hall–Kier alpha value is -1.24. The third kappa shape index (κ3) is 2.63. The summed E-state index contributed by atoms with van der Waals surface area (Å²) >= 11 is 6.22. The zero-order valence-corrected chi connectivity index (χ0v) is 13.0. The fourth-order valence-electron chi connectivity index (χ4n) is 2.86. The van der Waals surface area contributed by atoms with E-state index in [1.54, 1.807) is 12.1 Å². The third-order valence-corrected chi connectivity index (χ3v) is 4.85. The summed E-state index contributed by atoms with van der Waals surface area (Å²) in [5.74, 6) is 0. The molecule has 0 amide bonds. The lowest BCUT2D eigenvalue weighted by molar-refractivity contribution is -0.109. The van der Waals surface area contributed by atoms with Crippen molar-refractivity contribution in [3.05, 3.63) is 28.8 Å². The normalized spacial score (nSPS) is 28.6. The molecule has 1 fully saturated rings. The molecule has 20 heavy (non-hydrogen) atoms. The van der Waals surface area contributed by atoms with Crippen molar-refractivity contribution >= 4 is 17.3 Å². The largest absolute Gasteiger partial charge is 0.380 e. The van der Waals surface area contributed by atoms with Crippen molar-refractivity contribution < 1.29 is 4.74 Å². The van der Waals surface area contributed by atoms with Crippen LogP contribution in [0.25, 0.3) is 0 Å². The molecule has 3 nitrogen and oxygen atoms in total. The minimum Gasteiger partial charge on any atom is -0.380 e. The van der Waals surface area contributed by atoms with E-state index in [9.17, 15) is 0 Å². The first kappa shape index (κ1) is 15.2. The lowest BCUT2D eigenvalue weighted by Crippen LogP contribution is -2.59. The predicted molar refractivity (Wildman–Crippen MR) is 82.0 cm³/mol. The number of nitrogens with zero attached hydrogens (tertiary/aromatic N) is 1. The van der Waals surface area contributed by atoms with Crippen molar-refractivity contribution in [1.82, 2.24) is 0 Å². The Labute approximate surface area is 125 Å². The molecular formula is C16H21ClN2O. The molecule has 4 heteroatoms. The maximum Gasteiger partial charge on any atom is 0.0992 e. The van der Waals surface area contributed by atoms with Crippen LogP contribution in [0.4, 0.5) is 5.69 Å². The van der Waals surface area contributed by atoms with Gasteiger partial charge in [0, 0.05) is 18.1 Å². The summed E-state index contributed by atoms with van der Waals surface area (Å²) in [7, 11) is 0. The topological polar surface area (TPSA) is 45.0 Å². The van der Waals surface area contributed by atoms with Gasteiger partial charge in [0.15, 0.2) is 0 Å². The molecule has 1 N–H and O–H groups in total. The highest BCUT2D eigenvalue weighted by Crippen LogP contribution is 2.47. The standard InChI is InChI=1S/C16H21ClN2O/c1-4-16(3)14(9-15(16)20-5-2)19-13-7-6-11(10-18)8-12(13)17/h6-8,14-15,19H,4-5,9H2,1-3H3. The average molecular weight is 293 g/mol. The van der Waals surface area contributed by atoms with E-state index in [1.807, 2.05) is 13.0 Å². The molecule has 0 radical (unpaired) electrons. The van der Waals surface area contributed by atoms with Gasteiger partial charge in [-0.2, -0.15) is 5.26 Å². The van der Waals surface area contributed by atoms with Crippen LogP contribution in [0.15, 0.2) is 18.2 Å². The van der Waals surface area contributed by atoms with Crippen molar-refractivity contribution in [2.24, 2.45) is 5.41 Å². The molecule has 1 saturated carbocycles. The first-order valence-corrected chi connectivity index (χ1v) is 7.50. The summed E-state index contributed by atoms with van der Waals surface area (Å²) in [6.45, 7) is 7.24. The van der Waals surface area contributed by atoms with Crippen molar-refractivity contribution in [1.29, 1.82) is 5.26 Å². The average Bonchev–Trinajstić information content (AvgIpc) is 2.46. The van der Waals surface area contributed by atoms with E-state index in [-0.39, 0.29) is 5.41 Å². The molecule has 0 saturated heterocycles. The van der Waals surface area contributed by atoms with E-state index in [0.29, 0.717) is 22.7 Å². The fourth-order valence-corrected chi connectivity index (χ4v) is 3.10. The van der Waals surface area contributed by atoms with Crippen LogP contribution in [0, 0.1) is 16.7 Å². The quantitative estimate of drug-likeness (QED) is 0.884. The van der Waals surface area contributed by atoms with Crippen LogP contribution in [0.3, 0.4) is 0 Å². The number of nitrogens with one attached hydrogen (secondary N) is 1. The number of nitriles is 1. The molecule has 3 atom stereocenters. The Kier molecular flexibility index (Phi) is 4.57. The molecule has 0 bridgehead atoms. The van der Waals surface area contributed by atoms with Gasteiger partial charge >= 0.3 is 0 Å². The van der Waals surface area contributed by atoms with E-state index in [0.717, 1.165) is 25.1 Å². The first-order chi connectivity index (χ1) is 9.55. The van der Waals surface area contributed by atoms with Crippen molar-refractivity contribution in [2.45, 2.75) is 45.8 Å². The molecule has 0 spiro atoms. The lowest BCUT2D eigenvalue weighted by atomic mass is 9.61. The van der Waals surface area contributed by atoms with Crippen LogP contribution in [-0.2, 0) is 4.74 Å². The van der Waals surface area contributed by atoms with E-state index < -0.39 is 0 Å². The predicted octanol–water partition coefficient (Wildman–Crippen LogP) is 4.22. The molecular weight excluding hydrogens is 272 g/mol. The molecule has 1 aliphatic carbocycles. The summed E-state index contributed by atoms with van der Waals surface area (Å²) in [4.78, 5) is 0. The highest BCUT2D eigenvalue weighted by molar-refractivity contribution is 6.33. The molecule has 2 rings (SSSR count). The van der Waals surface area contributed by atoms with Crippen molar-refractivity contribution in [3.8, 4) is 6.07 Å². The second kappa shape index (κ2) is 6.03. The number of hydrogen-bond donors (Lipinski definition) is 1. The van der Waals surface area contributed by atoms with Gasteiger partial charge < -0.3 is 10.1 Å². The molecule has 1 aliphatic rings. The summed E-state index contributed by atoms with van der Waals surface area (Å²) in [6, 6.07) is 7.82. The van der Waals surface area contributed by atoms with Gasteiger partial charge in [0.1, 0.15) is 0 Å². The first-order valence-electron chi connectivity index (χ1n) is 7.13. The van der Waals surface area contributed by atoms with Crippen LogP contribution in [0.1, 0.15) is 39.2 Å². The highest BCUT2D eigenvalue weighted by atomic mass is 35.5. The Morgan fingerprint density at radius 2 is 2.25 bits per heavy atom. The molecule has 0 aromatic heterocycles. The van der Waals surface area contributed by atoms with Crippen molar-refractivity contribution in [2.75, 3.05) is 11.9 Å². The second-order valence-electron chi connectivity index (χ2n) is 5.54. The second-order valence-corrected chi connectivity index (χ2v) is 5.95. The van der Waals surface area contributed by atoms with Crippen LogP contribution in [0.2, 0.25) is 5.02 Å². The Bertz CT molecular complexity index is 526. The Morgan fingerprint density at radius 3 is 2.80 bits per heavy atom. The van der Waals surface area contributed by atoms with E-state index in [4.69, 9.17) is 21.6 Å². The molecule has 0 aliphatic heterocycles. The van der Waals surface area contributed by atoms with Gasteiger partial charge in [-0.05, 0) is 38.0 Å². The highest BCUT2D eigenvalue weighted by Gasteiger charge is 2.51. The van der Waals surface area contributed by atoms with E-state index in [1.165, 1.54) is 0 Å². The summed E-state index contributed by atoms with van der Waals surface area (Å²) in [5, 5.41) is 13.0. The van der Waals surface area contributed by atoms with Crippen molar-refractivity contribution in [3.63, 3.8) is 0 Å². The summed E-state index contributed by atoms with van der Waals surface area (Å²) in [6.07, 6.45) is 2.37. The number of hydrogen-bond acceptors (Lipinski definition) is 3. The van der Waals surface area contributed by atoms with Crippen LogP contribution in [-0.4, -0.2) is 18.8 Å². The zero-order chi connectivity index (χ0) is 14.8. The SMILES string of the molecule is CCOC1CC(Nc2ccc(C#N)cc2Cl)C1(C)CC. The summed E-state index contributed by atoms with van der Waals surface area (Å²) < 4.78 is 5.80. The smallest absolute Gasteiger partial charge is 0.0992 e. The molecule has 108 valence electrons. The maximum absolute atomic E-state index is 8.86. The van der Waals surface area contributed by atoms with E-state index >= 15 is 0 Å². The number of ether oxygens (including phenoxy) is 1. The Morgan fingerprint density at radius 1 is 1.50 bits per heavy atom. The van der Waals surface area contributed by atoms with Gasteiger partial charge in [-0.25, -0.2) is 0 Å². The minimum atomic E-state index is 0.132. The van der Waals surface area contributed by atoms with E-state index in [2.05, 4.69) is 25.2 Å². The van der Waals surface area contributed by atoms with Gasteiger partial charge in [0.25, 0.3) is 0 Å². The van der Waals surface area contributed by atoms with Crippen LogP contribution in [0.5, 0.6) is 0 Å². The molecule has 1 aromatic rings. The van der Waals surface area contributed by atoms with Gasteiger partial charge in [0.2, 0.25) is 0 Å².